The summed E-state index contributed by atoms with van der Waals surface area (Å²) >= 11 is 1.29. The molecule has 0 fully saturated rings. The van der Waals surface area contributed by atoms with Crippen LogP contribution in [0.4, 0.5) is 5.00 Å². The van der Waals surface area contributed by atoms with Gasteiger partial charge in [-0.1, -0.05) is 47.7 Å². The minimum absolute atomic E-state index is 0.0126. The third-order valence-corrected chi connectivity index (χ3v) is 5.22. The van der Waals surface area contributed by atoms with E-state index in [0.717, 1.165) is 22.2 Å². The molecule has 2 heterocycles. The lowest BCUT2D eigenvalue weighted by molar-refractivity contribution is -0.116. The van der Waals surface area contributed by atoms with Gasteiger partial charge in [0.1, 0.15) is 22.6 Å². The summed E-state index contributed by atoms with van der Waals surface area (Å²) in [6.07, 6.45) is 0. The number of esters is 1. The van der Waals surface area contributed by atoms with E-state index in [1.54, 1.807) is 6.92 Å². The highest BCUT2D eigenvalue weighted by molar-refractivity contribution is 7.15. The van der Waals surface area contributed by atoms with Crippen LogP contribution in [-0.2, 0) is 16.1 Å². The van der Waals surface area contributed by atoms with E-state index in [2.05, 4.69) is 15.6 Å². The lowest BCUT2D eigenvalue weighted by atomic mass is 10.0. The summed E-state index contributed by atoms with van der Waals surface area (Å²) in [5.74, 6) is -0.762. The van der Waals surface area contributed by atoms with Crippen LogP contribution in [0.5, 0.6) is 0 Å². The molecule has 7 nitrogen and oxygen atoms in total. The number of aromatic nitrogens is 3. The molecule has 4 aromatic rings. The molecule has 0 radical (unpaired) electrons. The third-order valence-electron chi connectivity index (χ3n) is 4.32. The van der Waals surface area contributed by atoms with Gasteiger partial charge in [-0.15, -0.1) is 16.4 Å². The smallest absolute Gasteiger partial charge is 0.341 e. The van der Waals surface area contributed by atoms with Gasteiger partial charge < -0.3 is 10.1 Å². The first kappa shape index (κ1) is 18.8. The van der Waals surface area contributed by atoms with Crippen LogP contribution in [0.2, 0.25) is 0 Å². The third kappa shape index (κ3) is 3.88. The first-order chi connectivity index (χ1) is 14.2. The fourth-order valence-corrected chi connectivity index (χ4v) is 4.00. The quantitative estimate of drug-likeness (QED) is 0.490. The Balaban J connectivity index is 1.61. The minimum atomic E-state index is -0.464. The maximum atomic E-state index is 12.7. The molecule has 1 amide bonds. The molecule has 0 aliphatic heterocycles. The number of carbonyl (C=O) groups is 2. The van der Waals surface area contributed by atoms with Crippen molar-refractivity contribution in [2.24, 2.45) is 0 Å². The van der Waals surface area contributed by atoms with E-state index in [0.29, 0.717) is 10.6 Å². The molecule has 29 heavy (non-hydrogen) atoms. The van der Waals surface area contributed by atoms with E-state index in [4.69, 9.17) is 4.74 Å². The van der Waals surface area contributed by atoms with Gasteiger partial charge in [0.05, 0.1) is 12.1 Å². The molecule has 0 unspecified atom stereocenters. The molecule has 146 valence electrons. The Morgan fingerprint density at radius 3 is 2.66 bits per heavy atom. The number of amides is 1. The summed E-state index contributed by atoms with van der Waals surface area (Å²) < 4.78 is 6.75. The van der Waals surface area contributed by atoms with Crippen LogP contribution < -0.4 is 5.32 Å². The number of benzene rings is 2. The summed E-state index contributed by atoms with van der Waals surface area (Å²) in [6.45, 7) is 1.99. The van der Waals surface area contributed by atoms with Crippen LogP contribution in [0, 0.1) is 0 Å². The molecule has 2 aromatic heterocycles. The molecule has 0 bridgehead atoms. The van der Waals surface area contributed by atoms with Crippen molar-refractivity contribution in [1.29, 1.82) is 0 Å². The van der Waals surface area contributed by atoms with Crippen molar-refractivity contribution in [3.8, 4) is 11.1 Å². The Morgan fingerprint density at radius 1 is 1.10 bits per heavy atom. The second-order valence-corrected chi connectivity index (χ2v) is 7.10. The molecule has 8 heteroatoms. The molecule has 0 atom stereocenters. The standard InChI is InChI=1S/C21H18N4O3S/c1-2-28-21(27)19-15(14-8-4-3-5-9-14)13-29-20(19)22-18(26)12-25-17-11-7-6-10-16(17)23-24-25/h3-11,13H,2,12H2,1H3,(H,22,26). The SMILES string of the molecule is CCOC(=O)c1c(-c2ccccc2)csc1NC(=O)Cn1nnc2ccccc21. The number of para-hydroxylation sites is 1. The molecular formula is C21H18N4O3S. The summed E-state index contributed by atoms with van der Waals surface area (Å²) in [4.78, 5) is 25.3. The van der Waals surface area contributed by atoms with Crippen molar-refractivity contribution in [2.45, 2.75) is 13.5 Å². The maximum absolute atomic E-state index is 12.7. The van der Waals surface area contributed by atoms with Crippen molar-refractivity contribution in [3.05, 3.63) is 65.5 Å². The zero-order valence-corrected chi connectivity index (χ0v) is 16.5. The van der Waals surface area contributed by atoms with Gasteiger partial charge in [0.15, 0.2) is 0 Å². The molecule has 1 N–H and O–H groups in total. The normalized spacial score (nSPS) is 10.8. The van der Waals surface area contributed by atoms with E-state index in [1.165, 1.54) is 16.0 Å². The van der Waals surface area contributed by atoms with Gasteiger partial charge in [0.2, 0.25) is 5.91 Å². The zero-order valence-electron chi connectivity index (χ0n) is 15.7. The van der Waals surface area contributed by atoms with E-state index < -0.39 is 5.97 Å². The van der Waals surface area contributed by atoms with Crippen molar-refractivity contribution < 1.29 is 14.3 Å². The highest BCUT2D eigenvalue weighted by atomic mass is 32.1. The van der Waals surface area contributed by atoms with E-state index in [9.17, 15) is 9.59 Å². The van der Waals surface area contributed by atoms with Gasteiger partial charge in [-0.2, -0.15) is 0 Å². The molecule has 0 spiro atoms. The number of carbonyl (C=O) groups excluding carboxylic acids is 2. The molecule has 0 saturated carbocycles. The molecule has 2 aromatic carbocycles. The first-order valence-electron chi connectivity index (χ1n) is 9.09. The predicted octanol–water partition coefficient (Wildman–Crippen LogP) is 3.98. The number of hydrogen-bond acceptors (Lipinski definition) is 6. The molecule has 0 saturated heterocycles. The number of anilines is 1. The van der Waals surface area contributed by atoms with Crippen molar-refractivity contribution in [2.75, 3.05) is 11.9 Å². The number of fused-ring (bicyclic) bond motifs is 1. The Hall–Kier alpha value is -3.52. The van der Waals surface area contributed by atoms with Crippen LogP contribution >= 0.6 is 11.3 Å². The van der Waals surface area contributed by atoms with E-state index >= 15 is 0 Å². The highest BCUT2D eigenvalue weighted by Crippen LogP contribution is 2.36. The number of ether oxygens (including phenoxy) is 1. The largest absolute Gasteiger partial charge is 0.462 e. The van der Waals surface area contributed by atoms with Crippen molar-refractivity contribution >= 4 is 39.2 Å². The van der Waals surface area contributed by atoms with Gasteiger partial charge in [-0.05, 0) is 24.6 Å². The molecular weight excluding hydrogens is 388 g/mol. The zero-order chi connectivity index (χ0) is 20.2. The lowest BCUT2D eigenvalue weighted by Crippen LogP contribution is -2.20. The second kappa shape index (κ2) is 8.24. The summed E-state index contributed by atoms with van der Waals surface area (Å²) in [5, 5.41) is 13.2. The number of thiophene rings is 1. The van der Waals surface area contributed by atoms with Gasteiger partial charge >= 0.3 is 5.97 Å². The predicted molar refractivity (Wildman–Crippen MR) is 112 cm³/mol. The van der Waals surface area contributed by atoms with E-state index in [-0.39, 0.29) is 19.1 Å². The van der Waals surface area contributed by atoms with Crippen LogP contribution in [0.15, 0.2) is 60.0 Å². The first-order valence-corrected chi connectivity index (χ1v) is 9.97. The van der Waals surface area contributed by atoms with Crippen molar-refractivity contribution in [3.63, 3.8) is 0 Å². The lowest BCUT2D eigenvalue weighted by Gasteiger charge is -2.09. The van der Waals surface area contributed by atoms with Crippen molar-refractivity contribution in [1.82, 2.24) is 15.0 Å². The number of nitrogens with one attached hydrogen (secondary N) is 1. The van der Waals surface area contributed by atoms with Gasteiger partial charge in [-0.25, -0.2) is 9.48 Å². The summed E-state index contributed by atoms with van der Waals surface area (Å²) in [6, 6.07) is 17.0. The Labute approximate surface area is 170 Å². The van der Waals surface area contributed by atoms with Crippen LogP contribution in [-0.4, -0.2) is 33.5 Å². The fourth-order valence-electron chi connectivity index (χ4n) is 3.02. The highest BCUT2D eigenvalue weighted by Gasteiger charge is 2.23. The van der Waals surface area contributed by atoms with Gasteiger partial charge in [0.25, 0.3) is 0 Å². The molecule has 0 aliphatic rings. The monoisotopic (exact) mass is 406 g/mol. The Kier molecular flexibility index (Phi) is 5.35. The van der Waals surface area contributed by atoms with Gasteiger partial charge in [0, 0.05) is 10.9 Å². The van der Waals surface area contributed by atoms with Gasteiger partial charge in [-0.3, -0.25) is 4.79 Å². The minimum Gasteiger partial charge on any atom is -0.462 e. The van der Waals surface area contributed by atoms with Crippen LogP contribution in [0.3, 0.4) is 0 Å². The number of rotatable bonds is 6. The molecule has 0 aliphatic carbocycles. The van der Waals surface area contributed by atoms with Crippen LogP contribution in [0.25, 0.3) is 22.2 Å². The topological polar surface area (TPSA) is 86.1 Å². The van der Waals surface area contributed by atoms with Crippen LogP contribution in [0.1, 0.15) is 17.3 Å². The Morgan fingerprint density at radius 2 is 1.86 bits per heavy atom. The summed E-state index contributed by atoms with van der Waals surface area (Å²) in [7, 11) is 0. The number of nitrogens with zero attached hydrogens (tertiary/aromatic N) is 3. The molecule has 4 rings (SSSR count). The maximum Gasteiger partial charge on any atom is 0.341 e. The second-order valence-electron chi connectivity index (χ2n) is 6.22. The average Bonchev–Trinajstić information content (AvgIpc) is 3.33. The average molecular weight is 406 g/mol. The van der Waals surface area contributed by atoms with E-state index in [1.807, 2.05) is 60.0 Å². The Bertz CT molecular complexity index is 1170. The summed E-state index contributed by atoms with van der Waals surface area (Å²) in [5.41, 5.74) is 3.46. The number of hydrogen-bond donors (Lipinski definition) is 1. The fraction of sp³-hybridized carbons (Fsp3) is 0.143.